The third kappa shape index (κ3) is 3.12. The van der Waals surface area contributed by atoms with Gasteiger partial charge in [0.1, 0.15) is 5.69 Å². The summed E-state index contributed by atoms with van der Waals surface area (Å²) in [5.41, 5.74) is -0.676. The second kappa shape index (κ2) is 5.01. The van der Waals surface area contributed by atoms with Crippen LogP contribution in [0.4, 0.5) is 13.2 Å². The van der Waals surface area contributed by atoms with E-state index in [2.05, 4.69) is 4.98 Å². The minimum atomic E-state index is -4.47. The van der Waals surface area contributed by atoms with Gasteiger partial charge in [-0.3, -0.25) is 9.78 Å². The second-order valence-electron chi connectivity index (χ2n) is 3.77. The highest BCUT2D eigenvalue weighted by Crippen LogP contribution is 2.28. The summed E-state index contributed by atoms with van der Waals surface area (Å²) in [6, 6.07) is 8.01. The van der Waals surface area contributed by atoms with Crippen molar-refractivity contribution in [1.82, 2.24) is 4.98 Å². The van der Waals surface area contributed by atoms with E-state index >= 15 is 0 Å². The molecular weight excluding hydrogens is 279 g/mol. The Balaban J connectivity index is 2.30. The number of pyridine rings is 1. The van der Waals surface area contributed by atoms with Gasteiger partial charge in [-0.15, -0.1) is 0 Å². The van der Waals surface area contributed by atoms with Crippen LogP contribution in [0.15, 0.2) is 42.6 Å². The van der Waals surface area contributed by atoms with Gasteiger partial charge in [-0.05, 0) is 24.3 Å². The second-order valence-corrected chi connectivity index (χ2v) is 4.21. The minimum absolute atomic E-state index is 0.0599. The maximum Gasteiger partial charge on any atom is 0.417 e. The maximum absolute atomic E-state index is 12.4. The molecule has 6 heteroatoms. The Bertz CT molecular complexity index is 608. The SMILES string of the molecule is O=C(c1cccc(Cl)c1)c1ccc(C(F)(F)F)cn1. The number of aromatic nitrogens is 1. The third-order valence-corrected chi connectivity index (χ3v) is 2.65. The lowest BCUT2D eigenvalue weighted by molar-refractivity contribution is -0.137. The van der Waals surface area contributed by atoms with E-state index in [9.17, 15) is 18.0 Å². The van der Waals surface area contributed by atoms with Gasteiger partial charge < -0.3 is 0 Å². The number of alkyl halides is 3. The van der Waals surface area contributed by atoms with Gasteiger partial charge >= 0.3 is 6.18 Å². The van der Waals surface area contributed by atoms with E-state index in [0.29, 0.717) is 11.2 Å². The number of hydrogen-bond acceptors (Lipinski definition) is 2. The fraction of sp³-hybridized carbons (Fsp3) is 0.0769. The van der Waals surface area contributed by atoms with Gasteiger partial charge in [0.2, 0.25) is 5.78 Å². The molecule has 0 amide bonds. The van der Waals surface area contributed by atoms with Gasteiger partial charge in [0.15, 0.2) is 0 Å². The first-order chi connectivity index (χ1) is 8.88. The lowest BCUT2D eigenvalue weighted by Crippen LogP contribution is -2.08. The van der Waals surface area contributed by atoms with Gasteiger partial charge in [0.25, 0.3) is 0 Å². The van der Waals surface area contributed by atoms with Crippen molar-refractivity contribution in [1.29, 1.82) is 0 Å². The van der Waals surface area contributed by atoms with Gasteiger partial charge in [-0.1, -0.05) is 23.7 Å². The standard InChI is InChI=1S/C13H7ClF3NO/c14-10-3-1-2-8(6-10)12(19)11-5-4-9(7-18-11)13(15,16)17/h1-7H. The van der Waals surface area contributed by atoms with Gasteiger partial charge in [0, 0.05) is 16.8 Å². The summed E-state index contributed by atoms with van der Waals surface area (Å²) in [4.78, 5) is 15.5. The van der Waals surface area contributed by atoms with Crippen molar-refractivity contribution in [3.8, 4) is 0 Å². The van der Waals surface area contributed by atoms with E-state index in [1.165, 1.54) is 12.1 Å². The summed E-state index contributed by atoms with van der Waals surface area (Å²) in [6.45, 7) is 0. The Labute approximate surface area is 111 Å². The third-order valence-electron chi connectivity index (χ3n) is 2.41. The number of nitrogens with zero attached hydrogens (tertiary/aromatic N) is 1. The largest absolute Gasteiger partial charge is 0.417 e. The summed E-state index contributed by atoms with van der Waals surface area (Å²) < 4.78 is 37.1. The Morgan fingerprint density at radius 2 is 1.89 bits per heavy atom. The molecule has 0 aliphatic rings. The predicted molar refractivity (Wildman–Crippen MR) is 64.1 cm³/mol. The molecule has 1 heterocycles. The highest BCUT2D eigenvalue weighted by molar-refractivity contribution is 6.31. The van der Waals surface area contributed by atoms with Crippen LogP contribution in [0.5, 0.6) is 0 Å². The zero-order valence-corrected chi connectivity index (χ0v) is 10.2. The Morgan fingerprint density at radius 3 is 2.42 bits per heavy atom. The molecule has 0 aliphatic heterocycles. The van der Waals surface area contributed by atoms with Gasteiger partial charge in [-0.25, -0.2) is 0 Å². The topological polar surface area (TPSA) is 30.0 Å². The van der Waals surface area contributed by atoms with Gasteiger partial charge in [0.05, 0.1) is 5.56 Å². The Morgan fingerprint density at radius 1 is 1.16 bits per heavy atom. The molecule has 98 valence electrons. The van der Waals surface area contributed by atoms with Crippen LogP contribution in [0.3, 0.4) is 0 Å². The number of halogens is 4. The average molecular weight is 286 g/mol. The van der Waals surface area contributed by atoms with E-state index in [0.717, 1.165) is 12.1 Å². The number of hydrogen-bond donors (Lipinski definition) is 0. The number of ketones is 1. The Hall–Kier alpha value is -1.88. The smallest absolute Gasteiger partial charge is 0.287 e. The first kappa shape index (κ1) is 13.5. The summed E-state index contributed by atoms with van der Waals surface area (Å²) in [5, 5.41) is 0.373. The lowest BCUT2D eigenvalue weighted by atomic mass is 10.1. The van der Waals surface area contributed by atoms with Gasteiger partial charge in [-0.2, -0.15) is 13.2 Å². The molecule has 0 spiro atoms. The van der Waals surface area contributed by atoms with Crippen LogP contribution in [0.25, 0.3) is 0 Å². The number of carbonyl (C=O) groups is 1. The van der Waals surface area contributed by atoms with E-state index in [-0.39, 0.29) is 11.3 Å². The summed E-state index contributed by atoms with van der Waals surface area (Å²) >= 11 is 5.74. The van der Waals surface area contributed by atoms with Crippen LogP contribution in [0, 0.1) is 0 Å². The number of rotatable bonds is 2. The van der Waals surface area contributed by atoms with Crippen molar-refractivity contribution in [2.45, 2.75) is 6.18 Å². The molecule has 0 unspecified atom stereocenters. The molecule has 1 aromatic heterocycles. The van der Waals surface area contributed by atoms with E-state index in [4.69, 9.17) is 11.6 Å². The highest BCUT2D eigenvalue weighted by Gasteiger charge is 2.30. The summed E-state index contributed by atoms with van der Waals surface area (Å²) in [7, 11) is 0. The number of benzene rings is 1. The van der Waals surface area contributed by atoms with Crippen molar-refractivity contribution >= 4 is 17.4 Å². The molecule has 0 saturated carbocycles. The Kier molecular flexibility index (Phi) is 3.57. The predicted octanol–water partition coefficient (Wildman–Crippen LogP) is 3.98. The fourth-order valence-corrected chi connectivity index (χ4v) is 1.66. The van der Waals surface area contributed by atoms with Crippen LogP contribution < -0.4 is 0 Å². The maximum atomic E-state index is 12.4. The van der Waals surface area contributed by atoms with Crippen LogP contribution in [-0.2, 0) is 6.18 Å². The molecular formula is C13H7ClF3NO. The summed E-state index contributed by atoms with van der Waals surface area (Å²) in [6.07, 6.45) is -3.83. The monoisotopic (exact) mass is 285 g/mol. The molecule has 1 aromatic carbocycles. The van der Waals surface area contributed by atoms with Crippen LogP contribution in [-0.4, -0.2) is 10.8 Å². The fourth-order valence-electron chi connectivity index (χ4n) is 1.47. The molecule has 0 aliphatic carbocycles. The molecule has 0 N–H and O–H groups in total. The van der Waals surface area contributed by atoms with Crippen LogP contribution >= 0.6 is 11.6 Å². The molecule has 2 nitrogen and oxygen atoms in total. The van der Waals surface area contributed by atoms with Crippen LogP contribution in [0.2, 0.25) is 5.02 Å². The molecule has 0 saturated heterocycles. The number of carbonyl (C=O) groups excluding carboxylic acids is 1. The highest BCUT2D eigenvalue weighted by atomic mass is 35.5. The molecule has 0 bridgehead atoms. The first-order valence-electron chi connectivity index (χ1n) is 5.21. The zero-order chi connectivity index (χ0) is 14.0. The van der Waals surface area contributed by atoms with Crippen molar-refractivity contribution in [3.05, 3.63) is 64.4 Å². The van der Waals surface area contributed by atoms with E-state index < -0.39 is 17.5 Å². The molecule has 0 fully saturated rings. The minimum Gasteiger partial charge on any atom is -0.287 e. The first-order valence-corrected chi connectivity index (χ1v) is 5.59. The normalized spacial score (nSPS) is 11.4. The van der Waals surface area contributed by atoms with Crippen molar-refractivity contribution in [2.75, 3.05) is 0 Å². The quantitative estimate of drug-likeness (QED) is 0.781. The zero-order valence-electron chi connectivity index (χ0n) is 9.41. The molecule has 0 atom stereocenters. The molecule has 0 radical (unpaired) electrons. The molecule has 2 aromatic rings. The van der Waals surface area contributed by atoms with E-state index in [1.807, 2.05) is 0 Å². The molecule has 19 heavy (non-hydrogen) atoms. The van der Waals surface area contributed by atoms with Crippen LogP contribution in [0.1, 0.15) is 21.6 Å². The van der Waals surface area contributed by atoms with Crippen molar-refractivity contribution in [3.63, 3.8) is 0 Å². The molecule has 2 rings (SSSR count). The van der Waals surface area contributed by atoms with E-state index in [1.54, 1.807) is 12.1 Å². The van der Waals surface area contributed by atoms with Crippen molar-refractivity contribution < 1.29 is 18.0 Å². The summed E-state index contributed by atoms with van der Waals surface area (Å²) in [5.74, 6) is -0.476. The average Bonchev–Trinajstić information content (AvgIpc) is 2.37. The lowest BCUT2D eigenvalue weighted by Gasteiger charge is -2.06. The van der Waals surface area contributed by atoms with Crippen molar-refractivity contribution in [2.24, 2.45) is 0 Å².